The van der Waals surface area contributed by atoms with Gasteiger partial charge in [-0.15, -0.1) is 0 Å². The van der Waals surface area contributed by atoms with Crippen molar-refractivity contribution in [2.24, 2.45) is 0 Å². The lowest BCUT2D eigenvalue weighted by molar-refractivity contribution is -0.137. The van der Waals surface area contributed by atoms with Crippen molar-refractivity contribution >= 4 is 28.6 Å². The van der Waals surface area contributed by atoms with E-state index in [1.807, 2.05) is 12.1 Å². The molecule has 0 amide bonds. The summed E-state index contributed by atoms with van der Waals surface area (Å²) in [6.45, 7) is 2.17. The van der Waals surface area contributed by atoms with Crippen LogP contribution in [0.15, 0.2) is 24.3 Å². The van der Waals surface area contributed by atoms with Crippen LogP contribution < -0.4 is 9.47 Å². The maximum Gasteiger partial charge on any atom is 0.330 e. The quantitative estimate of drug-likeness (QED) is 0.435. The summed E-state index contributed by atoms with van der Waals surface area (Å²) in [6, 6.07) is 3.82. The summed E-state index contributed by atoms with van der Waals surface area (Å²) in [5, 5.41) is 0. The molecule has 0 aliphatic carbocycles. The molecule has 19 heavy (non-hydrogen) atoms. The summed E-state index contributed by atoms with van der Waals surface area (Å²) in [4.78, 5) is 11.2. The van der Waals surface area contributed by atoms with Gasteiger partial charge in [-0.2, -0.15) is 0 Å². The van der Waals surface area contributed by atoms with Crippen molar-refractivity contribution in [3.05, 3.63) is 33.4 Å². The lowest BCUT2D eigenvalue weighted by atomic mass is 10.1. The van der Waals surface area contributed by atoms with Crippen molar-refractivity contribution in [3.8, 4) is 11.5 Å². The van der Waals surface area contributed by atoms with Crippen molar-refractivity contribution < 1.29 is 19.0 Å². The third kappa shape index (κ3) is 4.74. The standard InChI is InChI=1S/C14H17IO4/c1-4-19-14(16)7-5-6-10-8-12(17-2)13(18-3)9-11(10)15/h5,7-9H,4,6H2,1-3H3/b7-5+. The number of halogens is 1. The second kappa shape index (κ2) is 8.04. The molecule has 0 N–H and O–H groups in total. The van der Waals surface area contributed by atoms with Crippen LogP contribution in [0.25, 0.3) is 0 Å². The second-order valence-electron chi connectivity index (χ2n) is 3.66. The highest BCUT2D eigenvalue weighted by atomic mass is 127. The Balaban J connectivity index is 2.81. The summed E-state index contributed by atoms with van der Waals surface area (Å²) < 4.78 is 16.4. The number of benzene rings is 1. The number of hydrogen-bond donors (Lipinski definition) is 0. The Labute approximate surface area is 126 Å². The van der Waals surface area contributed by atoms with E-state index >= 15 is 0 Å². The van der Waals surface area contributed by atoms with E-state index in [1.165, 1.54) is 6.08 Å². The number of carbonyl (C=O) groups is 1. The predicted molar refractivity (Wildman–Crippen MR) is 81.7 cm³/mol. The van der Waals surface area contributed by atoms with Gasteiger partial charge in [0.15, 0.2) is 11.5 Å². The van der Waals surface area contributed by atoms with Crippen molar-refractivity contribution in [2.45, 2.75) is 13.3 Å². The van der Waals surface area contributed by atoms with E-state index in [0.29, 0.717) is 24.5 Å². The van der Waals surface area contributed by atoms with Gasteiger partial charge in [0.25, 0.3) is 0 Å². The van der Waals surface area contributed by atoms with Crippen molar-refractivity contribution in [1.82, 2.24) is 0 Å². The van der Waals surface area contributed by atoms with Gasteiger partial charge >= 0.3 is 5.97 Å². The normalized spacial score (nSPS) is 10.5. The van der Waals surface area contributed by atoms with Crippen LogP contribution in [0.4, 0.5) is 0 Å². The largest absolute Gasteiger partial charge is 0.493 e. The number of allylic oxidation sites excluding steroid dienone is 1. The molecule has 104 valence electrons. The SMILES string of the molecule is CCOC(=O)/C=C/Cc1cc(OC)c(OC)cc1I. The molecule has 0 radical (unpaired) electrons. The smallest absolute Gasteiger partial charge is 0.330 e. The predicted octanol–water partition coefficient (Wildman–Crippen LogP) is 2.97. The number of carbonyl (C=O) groups excluding carboxylic acids is 1. The van der Waals surface area contributed by atoms with Crippen LogP contribution >= 0.6 is 22.6 Å². The van der Waals surface area contributed by atoms with E-state index in [-0.39, 0.29) is 5.97 Å². The zero-order valence-electron chi connectivity index (χ0n) is 11.2. The third-order valence-corrected chi connectivity index (χ3v) is 3.44. The van der Waals surface area contributed by atoms with Gasteiger partial charge in [0.1, 0.15) is 0 Å². The minimum Gasteiger partial charge on any atom is -0.493 e. The number of hydrogen-bond acceptors (Lipinski definition) is 4. The van der Waals surface area contributed by atoms with E-state index in [9.17, 15) is 4.79 Å². The van der Waals surface area contributed by atoms with Crippen LogP contribution in [-0.2, 0) is 16.0 Å². The van der Waals surface area contributed by atoms with Gasteiger partial charge in [-0.05, 0) is 53.6 Å². The number of methoxy groups -OCH3 is 2. The molecule has 0 aliphatic heterocycles. The van der Waals surface area contributed by atoms with E-state index < -0.39 is 0 Å². The van der Waals surface area contributed by atoms with Crippen LogP contribution in [0.3, 0.4) is 0 Å². The Hall–Kier alpha value is -1.24. The van der Waals surface area contributed by atoms with Crippen LogP contribution in [-0.4, -0.2) is 26.8 Å². The summed E-state index contributed by atoms with van der Waals surface area (Å²) in [7, 11) is 3.21. The highest BCUT2D eigenvalue weighted by Crippen LogP contribution is 2.31. The first kappa shape index (κ1) is 15.8. The van der Waals surface area contributed by atoms with Gasteiger partial charge in [0.2, 0.25) is 0 Å². The monoisotopic (exact) mass is 376 g/mol. The van der Waals surface area contributed by atoms with E-state index in [2.05, 4.69) is 22.6 Å². The van der Waals surface area contributed by atoms with E-state index in [0.717, 1.165) is 9.13 Å². The molecule has 0 heterocycles. The minimum atomic E-state index is -0.321. The Kier molecular flexibility index (Phi) is 6.69. The van der Waals surface area contributed by atoms with Crippen LogP contribution in [0.5, 0.6) is 11.5 Å². The summed E-state index contributed by atoms with van der Waals surface area (Å²) in [6.07, 6.45) is 3.86. The highest BCUT2D eigenvalue weighted by Gasteiger charge is 2.08. The van der Waals surface area contributed by atoms with Crippen molar-refractivity contribution in [3.63, 3.8) is 0 Å². The molecule has 5 heteroatoms. The van der Waals surface area contributed by atoms with Crippen molar-refractivity contribution in [1.29, 1.82) is 0 Å². The summed E-state index contributed by atoms with van der Waals surface area (Å²) in [5.74, 6) is 1.06. The van der Waals surface area contributed by atoms with Gasteiger partial charge in [-0.1, -0.05) is 6.08 Å². The van der Waals surface area contributed by atoms with Crippen LogP contribution in [0.1, 0.15) is 12.5 Å². The van der Waals surface area contributed by atoms with E-state index in [4.69, 9.17) is 14.2 Å². The Morgan fingerprint density at radius 2 is 1.89 bits per heavy atom. The number of ether oxygens (including phenoxy) is 3. The number of esters is 1. The fourth-order valence-electron chi connectivity index (χ4n) is 1.53. The van der Waals surface area contributed by atoms with Crippen molar-refractivity contribution in [2.75, 3.05) is 20.8 Å². The molecule has 0 saturated carbocycles. The second-order valence-corrected chi connectivity index (χ2v) is 4.82. The first-order valence-corrected chi connectivity index (χ1v) is 6.94. The van der Waals surface area contributed by atoms with Crippen LogP contribution in [0.2, 0.25) is 0 Å². The zero-order chi connectivity index (χ0) is 14.3. The molecule has 0 aliphatic rings. The first-order valence-electron chi connectivity index (χ1n) is 5.86. The van der Waals surface area contributed by atoms with Gasteiger partial charge in [0.05, 0.1) is 20.8 Å². The average Bonchev–Trinajstić information content (AvgIpc) is 2.40. The molecule has 0 unspecified atom stereocenters. The highest BCUT2D eigenvalue weighted by molar-refractivity contribution is 14.1. The lowest BCUT2D eigenvalue weighted by Crippen LogP contribution is -1.99. The molecular weight excluding hydrogens is 359 g/mol. The molecule has 1 aromatic carbocycles. The van der Waals surface area contributed by atoms with Gasteiger partial charge in [-0.25, -0.2) is 4.79 Å². The maximum atomic E-state index is 11.2. The Morgan fingerprint density at radius 1 is 1.26 bits per heavy atom. The van der Waals surface area contributed by atoms with Gasteiger partial charge < -0.3 is 14.2 Å². The Morgan fingerprint density at radius 3 is 2.47 bits per heavy atom. The zero-order valence-corrected chi connectivity index (χ0v) is 13.4. The molecule has 4 nitrogen and oxygen atoms in total. The fraction of sp³-hybridized carbons (Fsp3) is 0.357. The molecule has 1 rings (SSSR count). The molecule has 0 spiro atoms. The molecule has 0 aromatic heterocycles. The van der Waals surface area contributed by atoms with Crippen LogP contribution in [0, 0.1) is 3.57 Å². The third-order valence-electron chi connectivity index (χ3n) is 2.43. The van der Waals surface area contributed by atoms with Gasteiger partial charge in [-0.3, -0.25) is 0 Å². The summed E-state index contributed by atoms with van der Waals surface area (Å²) >= 11 is 2.23. The minimum absolute atomic E-state index is 0.321. The molecule has 0 fully saturated rings. The molecule has 0 saturated heterocycles. The summed E-state index contributed by atoms with van der Waals surface area (Å²) in [5.41, 5.74) is 1.07. The lowest BCUT2D eigenvalue weighted by Gasteiger charge is -2.10. The molecule has 0 atom stereocenters. The maximum absolute atomic E-state index is 11.2. The number of rotatable bonds is 6. The van der Waals surface area contributed by atoms with Gasteiger partial charge in [0, 0.05) is 9.65 Å². The molecule has 0 bridgehead atoms. The topological polar surface area (TPSA) is 44.8 Å². The average molecular weight is 376 g/mol. The Bertz CT molecular complexity index is 469. The molecule has 1 aromatic rings. The first-order chi connectivity index (χ1) is 9.12. The molecular formula is C14H17IO4. The fourth-order valence-corrected chi connectivity index (χ4v) is 2.18. The van der Waals surface area contributed by atoms with E-state index in [1.54, 1.807) is 27.2 Å².